The van der Waals surface area contributed by atoms with Gasteiger partial charge in [0.1, 0.15) is 44.7 Å². The molecule has 0 aliphatic heterocycles. The molecule has 148 heavy (non-hydrogen) atoms. The molecule has 0 atom stereocenters. The van der Waals surface area contributed by atoms with Crippen LogP contribution in [0.3, 0.4) is 0 Å². The van der Waals surface area contributed by atoms with E-state index in [-0.39, 0.29) is 5.92 Å². The van der Waals surface area contributed by atoms with Crippen molar-refractivity contribution >= 4 is 243 Å². The second kappa shape index (κ2) is 35.1. The molecule has 0 radical (unpaired) electrons. The molecule has 30 rings (SSSR count). The number of nitrogens with zero attached hydrogens (tertiary/aromatic N) is 4. The third-order valence-corrected chi connectivity index (χ3v) is 34.4. The summed E-state index contributed by atoms with van der Waals surface area (Å²) in [5.41, 5.74) is 32.1. The van der Waals surface area contributed by atoms with Gasteiger partial charge in [0.05, 0.1) is 45.5 Å². The van der Waals surface area contributed by atoms with Crippen LogP contribution in [-0.2, 0) is 0 Å². The van der Waals surface area contributed by atoms with Crippen molar-refractivity contribution in [2.45, 2.75) is 166 Å². The minimum atomic E-state index is 0.286. The topological polar surface area (TPSA) is 91.8 Å². The van der Waals surface area contributed by atoms with Gasteiger partial charge in [0.2, 0.25) is 0 Å². The summed E-state index contributed by atoms with van der Waals surface area (Å²) < 4.78 is 46.4. The standard InChI is InChI=1S/C138H110N4O6/c1-83-38-21-29-68-116(83)141(120-72-35-65-108-105-62-32-59-94(128(105)146-135(108)120)86-42-11-4-12-43-86)124-81-114-115-82-125(142(117-69-30-22-39-84(117)2)121-73-36-66-109-106-63-33-60-95(129(106)147-136(109)121)87-44-13-5-14-45-87)100-75-74-89(78-111(100)133(115)144-132(114)103-57-28-25-54-99(103)124)92-76-77-96(88-46-15-6-16-47-88)138-126(92)110-67-37-71-119(137(110)148-138)140(91-50-19-8-20-51-91)123-80-113-112-79-122(97-52-23-26-55-101(97)130(112)143-131(113)102-56-27-24-53-98(102)123)139(90-48-17-7-18-49-90)118-70-34-64-107-104-61-31-58-93(127(104)145-134(107)118)85-40-9-3-10-41-85/h7-8,17-39,48-82,85-88H,3-6,9-16,40-47H2,1-2H3. The molecule has 0 unspecified atom stereocenters. The quantitative estimate of drug-likeness (QED) is 0.0878. The Balaban J connectivity index is 0.650. The van der Waals surface area contributed by atoms with E-state index in [9.17, 15) is 0 Å². The van der Waals surface area contributed by atoms with Crippen LogP contribution in [0, 0.1) is 13.8 Å². The first-order chi connectivity index (χ1) is 73.3. The maximum atomic E-state index is 8.12. The first-order valence-corrected chi connectivity index (χ1v) is 54.2. The normalized spacial score (nSPS) is 15.1. The smallest absolute Gasteiger partial charge is 0.159 e. The van der Waals surface area contributed by atoms with Crippen molar-refractivity contribution in [1.29, 1.82) is 0 Å². The molecule has 0 spiro atoms. The average Bonchev–Trinajstić information content (AvgIpc) is 1.08. The number of rotatable bonds is 17. The Bertz CT molecular complexity index is 9870. The predicted octanol–water partition coefficient (Wildman–Crippen LogP) is 42.0. The largest absolute Gasteiger partial charge is 0.455 e. The van der Waals surface area contributed by atoms with E-state index in [1.165, 1.54) is 112 Å². The van der Waals surface area contributed by atoms with Gasteiger partial charge in [0.15, 0.2) is 22.3 Å². The minimum Gasteiger partial charge on any atom is -0.455 e. The molecule has 6 aromatic heterocycles. The van der Waals surface area contributed by atoms with E-state index in [1.54, 1.807) is 0 Å². The SMILES string of the molecule is Cc1ccccc1N(c1cc2c3cc(N(c4ccccc4C)c4cccc5c4oc4c(C6CCCCC6)cccc45)c4ccc(-c5ccc(C6CCCCC6)c6oc7c(N(c8ccccc8)c8cc9c%10cc(N(c%11ccccc%11)c%11cccc%12c%11oc%11c(C%13CCCCC%13)cccc%11%12)c%11ccccc%11c%10oc9c9ccccc89)cccc7c56)cc4c3oc2c2ccccc12)c1cccc2c1oc1c(C3CCCCC3)cccc12. The van der Waals surface area contributed by atoms with Crippen molar-refractivity contribution in [2.24, 2.45) is 0 Å². The van der Waals surface area contributed by atoms with Crippen LogP contribution in [0.2, 0.25) is 0 Å². The molecular formula is C138H110N4O6. The molecule has 0 saturated heterocycles. The van der Waals surface area contributed by atoms with Crippen molar-refractivity contribution in [3.05, 3.63) is 397 Å². The Kier molecular flexibility index (Phi) is 20.6. The van der Waals surface area contributed by atoms with Gasteiger partial charge in [-0.2, -0.15) is 0 Å². The van der Waals surface area contributed by atoms with Crippen molar-refractivity contribution in [2.75, 3.05) is 19.6 Å². The molecule has 26 aromatic rings. The van der Waals surface area contributed by atoms with Gasteiger partial charge in [-0.1, -0.05) is 350 Å². The maximum absolute atomic E-state index is 8.12. The Morgan fingerprint density at radius 1 is 0.169 bits per heavy atom. The van der Waals surface area contributed by atoms with Crippen molar-refractivity contribution in [1.82, 2.24) is 0 Å². The highest BCUT2D eigenvalue weighted by Gasteiger charge is 2.36. The summed E-state index contributed by atoms with van der Waals surface area (Å²) in [4.78, 5) is 9.90. The number of para-hydroxylation sites is 11. The van der Waals surface area contributed by atoms with Crippen LogP contribution in [0.5, 0.6) is 0 Å². The van der Waals surface area contributed by atoms with Gasteiger partial charge in [-0.3, -0.25) is 0 Å². The number of furan rings is 6. The van der Waals surface area contributed by atoms with Gasteiger partial charge < -0.3 is 46.1 Å². The fraction of sp³-hybridized carbons (Fsp3) is 0.188. The third kappa shape index (κ3) is 13.7. The first kappa shape index (κ1) is 86.9. The monoisotopic (exact) mass is 1920 g/mol. The van der Waals surface area contributed by atoms with Crippen LogP contribution in [0.15, 0.2) is 390 Å². The molecule has 4 saturated carbocycles. The van der Waals surface area contributed by atoms with Gasteiger partial charge in [-0.05, 0) is 224 Å². The van der Waals surface area contributed by atoms with Gasteiger partial charge in [0.25, 0.3) is 0 Å². The van der Waals surface area contributed by atoms with Crippen molar-refractivity contribution in [3.8, 4) is 11.1 Å². The highest BCUT2D eigenvalue weighted by molar-refractivity contribution is 6.30. The van der Waals surface area contributed by atoms with Crippen molar-refractivity contribution < 1.29 is 26.5 Å². The zero-order valence-electron chi connectivity index (χ0n) is 83.3. The van der Waals surface area contributed by atoms with Crippen LogP contribution in [0.1, 0.15) is 185 Å². The molecule has 4 aliphatic rings. The van der Waals surface area contributed by atoms with E-state index in [1.807, 2.05) is 0 Å². The molecule has 4 aliphatic carbocycles. The molecule has 20 aromatic carbocycles. The van der Waals surface area contributed by atoms with Crippen molar-refractivity contribution in [3.63, 3.8) is 0 Å². The summed E-state index contributed by atoms with van der Waals surface area (Å²) >= 11 is 0. The van der Waals surface area contributed by atoms with E-state index in [2.05, 4.69) is 397 Å². The third-order valence-electron chi connectivity index (χ3n) is 34.4. The van der Waals surface area contributed by atoms with E-state index >= 15 is 0 Å². The number of benzene rings is 20. The number of hydrogen-bond donors (Lipinski definition) is 0. The Morgan fingerprint density at radius 2 is 0.426 bits per heavy atom. The van der Waals surface area contributed by atoms with Crippen LogP contribution in [0.4, 0.5) is 68.2 Å². The van der Waals surface area contributed by atoms with E-state index in [4.69, 9.17) is 26.5 Å². The Hall–Kier alpha value is -16.6. The molecule has 10 nitrogen and oxygen atoms in total. The predicted molar refractivity (Wildman–Crippen MR) is 617 cm³/mol. The first-order valence-electron chi connectivity index (χ1n) is 54.2. The summed E-state index contributed by atoms with van der Waals surface area (Å²) in [6.07, 6.45) is 23.9. The fourth-order valence-corrected chi connectivity index (χ4v) is 27.4. The molecule has 0 amide bonds. The van der Waals surface area contributed by atoms with Gasteiger partial charge in [-0.15, -0.1) is 0 Å². The van der Waals surface area contributed by atoms with Crippen LogP contribution >= 0.6 is 0 Å². The lowest BCUT2D eigenvalue weighted by Crippen LogP contribution is -2.12. The molecule has 10 heteroatoms. The second-order valence-corrected chi connectivity index (χ2v) is 42.7. The van der Waals surface area contributed by atoms with E-state index in [0.29, 0.717) is 17.8 Å². The maximum Gasteiger partial charge on any atom is 0.159 e. The Morgan fingerprint density at radius 3 is 0.804 bits per heavy atom. The van der Waals surface area contributed by atoms with Gasteiger partial charge in [0, 0.05) is 130 Å². The van der Waals surface area contributed by atoms with Gasteiger partial charge >= 0.3 is 0 Å². The number of fused-ring (bicyclic) bond motifs is 26. The van der Waals surface area contributed by atoms with Gasteiger partial charge in [-0.25, -0.2) is 0 Å². The number of hydrogen-bond acceptors (Lipinski definition) is 10. The zero-order valence-corrected chi connectivity index (χ0v) is 83.3. The summed E-state index contributed by atoms with van der Waals surface area (Å²) in [7, 11) is 0. The summed E-state index contributed by atoms with van der Waals surface area (Å²) in [6, 6.07) is 136. The van der Waals surface area contributed by atoms with Crippen LogP contribution in [0.25, 0.3) is 186 Å². The fourth-order valence-electron chi connectivity index (χ4n) is 27.4. The average molecular weight is 1920 g/mol. The van der Waals surface area contributed by atoms with Crippen LogP contribution < -0.4 is 19.6 Å². The molecule has 718 valence electrons. The lowest BCUT2D eigenvalue weighted by Gasteiger charge is -2.29. The Labute approximate surface area is 857 Å². The van der Waals surface area contributed by atoms with Crippen LogP contribution in [-0.4, -0.2) is 0 Å². The molecule has 6 heterocycles. The highest BCUT2D eigenvalue weighted by atomic mass is 16.4. The number of anilines is 12. The minimum absolute atomic E-state index is 0.286. The molecule has 0 bridgehead atoms. The summed E-state index contributed by atoms with van der Waals surface area (Å²) in [5.74, 6) is 1.62. The molecule has 4 fully saturated rings. The molecular weight excluding hydrogens is 1810 g/mol. The number of aryl methyl sites for hydroxylation is 2. The van der Waals surface area contributed by atoms with E-state index in [0.717, 1.165) is 304 Å². The lowest BCUT2D eigenvalue weighted by atomic mass is 9.82. The zero-order chi connectivity index (χ0) is 97.5. The lowest BCUT2D eigenvalue weighted by molar-refractivity contribution is 0.442. The summed E-state index contributed by atoms with van der Waals surface area (Å²) in [6.45, 7) is 4.50. The molecule has 0 N–H and O–H groups in total. The second-order valence-electron chi connectivity index (χ2n) is 42.7. The van der Waals surface area contributed by atoms with E-state index < -0.39 is 0 Å². The summed E-state index contributed by atoms with van der Waals surface area (Å²) in [5, 5.41) is 21.0. The highest BCUT2D eigenvalue weighted by Crippen LogP contribution is 2.59.